The van der Waals surface area contributed by atoms with E-state index in [0.29, 0.717) is 12.0 Å². The van der Waals surface area contributed by atoms with Crippen LogP contribution in [0, 0.1) is 11.3 Å². The maximum Gasteiger partial charge on any atom is 0.416 e. The minimum atomic E-state index is -4.42. The predicted octanol–water partition coefficient (Wildman–Crippen LogP) is 2.82. The summed E-state index contributed by atoms with van der Waals surface area (Å²) < 4.78 is 39.6. The van der Waals surface area contributed by atoms with Gasteiger partial charge in [0.15, 0.2) is 11.0 Å². The zero-order chi connectivity index (χ0) is 15.2. The Labute approximate surface area is 117 Å². The standard InChI is InChI=1S/C12H9F3N2O2S/c13-12(14,15)8-1-3-9(4-2-8)17-20-11(7-16)10(19)5-6-18/h1-4,6,11,17H,5H2. The predicted molar refractivity (Wildman–Crippen MR) is 67.7 cm³/mol. The fraction of sp³-hybridized carbons (Fsp3) is 0.250. The maximum atomic E-state index is 12.3. The lowest BCUT2D eigenvalue weighted by molar-refractivity contribution is -0.137. The van der Waals surface area contributed by atoms with Gasteiger partial charge in [0.25, 0.3) is 0 Å². The topological polar surface area (TPSA) is 70.0 Å². The first-order valence-electron chi connectivity index (χ1n) is 5.33. The Hall–Kier alpha value is -2.01. The smallest absolute Gasteiger partial charge is 0.328 e. The number of benzene rings is 1. The van der Waals surface area contributed by atoms with Crippen molar-refractivity contribution in [3.8, 4) is 6.07 Å². The first-order chi connectivity index (χ1) is 9.38. The Bertz CT molecular complexity index is 523. The number of Topliss-reactive ketones (excluding diaryl/α,β-unsaturated/α-hetero) is 1. The highest BCUT2D eigenvalue weighted by atomic mass is 32.2. The van der Waals surface area contributed by atoms with E-state index in [9.17, 15) is 22.8 Å². The molecular formula is C12H9F3N2O2S. The molecule has 1 atom stereocenters. The molecule has 0 spiro atoms. The van der Waals surface area contributed by atoms with Gasteiger partial charge in [0.05, 0.1) is 18.1 Å². The highest BCUT2D eigenvalue weighted by molar-refractivity contribution is 8.02. The third-order valence-corrected chi connectivity index (χ3v) is 3.16. The average molecular weight is 302 g/mol. The van der Waals surface area contributed by atoms with Gasteiger partial charge < -0.3 is 9.52 Å². The van der Waals surface area contributed by atoms with Crippen molar-refractivity contribution in [3.63, 3.8) is 0 Å². The third kappa shape index (κ3) is 4.59. The molecule has 0 aromatic heterocycles. The SMILES string of the molecule is N#CC(SNc1ccc(C(F)(F)F)cc1)C(=O)CC=O. The second kappa shape index (κ2) is 6.96. The van der Waals surface area contributed by atoms with Gasteiger partial charge in [0.2, 0.25) is 0 Å². The summed E-state index contributed by atoms with van der Waals surface area (Å²) in [7, 11) is 0. The van der Waals surface area contributed by atoms with Crippen LogP contribution in [0.3, 0.4) is 0 Å². The van der Waals surface area contributed by atoms with Crippen LogP contribution in [-0.2, 0) is 15.8 Å². The number of anilines is 1. The summed E-state index contributed by atoms with van der Waals surface area (Å²) in [6.45, 7) is 0. The zero-order valence-electron chi connectivity index (χ0n) is 9.98. The van der Waals surface area contributed by atoms with E-state index >= 15 is 0 Å². The minimum absolute atomic E-state index is 0.321. The lowest BCUT2D eigenvalue weighted by atomic mass is 10.2. The van der Waals surface area contributed by atoms with Gasteiger partial charge in [-0.1, -0.05) is 0 Å². The van der Waals surface area contributed by atoms with Crippen molar-refractivity contribution in [1.29, 1.82) is 5.26 Å². The van der Waals surface area contributed by atoms with E-state index in [4.69, 9.17) is 5.26 Å². The van der Waals surface area contributed by atoms with Gasteiger partial charge in [-0.3, -0.25) is 4.79 Å². The number of carbonyl (C=O) groups excluding carboxylic acids is 2. The van der Waals surface area contributed by atoms with Crippen LogP contribution in [0.25, 0.3) is 0 Å². The number of hydrogen-bond acceptors (Lipinski definition) is 5. The molecule has 0 aliphatic heterocycles. The van der Waals surface area contributed by atoms with Crippen LogP contribution in [0.4, 0.5) is 18.9 Å². The Morgan fingerprint density at radius 1 is 1.40 bits per heavy atom. The van der Waals surface area contributed by atoms with E-state index in [-0.39, 0.29) is 6.42 Å². The number of nitrogens with one attached hydrogen (secondary N) is 1. The average Bonchev–Trinajstić information content (AvgIpc) is 2.39. The zero-order valence-corrected chi connectivity index (χ0v) is 10.8. The molecule has 0 aliphatic rings. The number of ketones is 1. The highest BCUT2D eigenvalue weighted by Gasteiger charge is 2.30. The number of nitriles is 1. The van der Waals surface area contributed by atoms with Crippen LogP contribution in [0.15, 0.2) is 24.3 Å². The van der Waals surface area contributed by atoms with Crippen LogP contribution >= 0.6 is 11.9 Å². The fourth-order valence-corrected chi connectivity index (χ4v) is 1.88. The molecule has 0 fully saturated rings. The van der Waals surface area contributed by atoms with Crippen molar-refractivity contribution in [1.82, 2.24) is 0 Å². The highest BCUT2D eigenvalue weighted by Crippen LogP contribution is 2.30. The van der Waals surface area contributed by atoms with E-state index in [1.54, 1.807) is 6.07 Å². The summed E-state index contributed by atoms with van der Waals surface area (Å²) in [6.07, 6.45) is -4.40. The van der Waals surface area contributed by atoms with Gasteiger partial charge >= 0.3 is 6.18 Å². The van der Waals surface area contributed by atoms with E-state index in [1.807, 2.05) is 0 Å². The van der Waals surface area contributed by atoms with Gasteiger partial charge in [0, 0.05) is 5.69 Å². The number of halogens is 3. The van der Waals surface area contributed by atoms with Gasteiger partial charge in [-0.05, 0) is 36.2 Å². The summed E-state index contributed by atoms with van der Waals surface area (Å²) in [5, 5.41) is 7.66. The van der Waals surface area contributed by atoms with E-state index in [2.05, 4.69) is 4.72 Å². The summed E-state index contributed by atoms with van der Waals surface area (Å²) in [6, 6.07) is 5.86. The Morgan fingerprint density at radius 3 is 2.45 bits per heavy atom. The van der Waals surface area contributed by atoms with Gasteiger partial charge in [-0.25, -0.2) is 0 Å². The molecule has 1 rings (SSSR count). The van der Waals surface area contributed by atoms with E-state index < -0.39 is 22.8 Å². The summed E-state index contributed by atoms with van der Waals surface area (Å²) in [5.41, 5.74) is -0.468. The molecule has 20 heavy (non-hydrogen) atoms. The monoisotopic (exact) mass is 302 g/mol. The van der Waals surface area contributed by atoms with Crippen molar-refractivity contribution in [2.24, 2.45) is 0 Å². The molecule has 0 saturated carbocycles. The number of rotatable bonds is 6. The number of nitrogens with zero attached hydrogens (tertiary/aromatic N) is 1. The summed E-state index contributed by atoms with van der Waals surface area (Å²) >= 11 is 0.735. The number of aldehydes is 1. The van der Waals surface area contributed by atoms with Gasteiger partial charge in [-0.15, -0.1) is 0 Å². The lowest BCUT2D eigenvalue weighted by Crippen LogP contribution is -2.17. The minimum Gasteiger partial charge on any atom is -0.328 e. The molecule has 0 radical (unpaired) electrons. The second-order valence-corrected chi connectivity index (χ2v) is 4.55. The molecule has 1 unspecified atom stereocenters. The van der Waals surface area contributed by atoms with Crippen molar-refractivity contribution < 1.29 is 22.8 Å². The summed E-state index contributed by atoms with van der Waals surface area (Å²) in [4.78, 5) is 21.5. The largest absolute Gasteiger partial charge is 0.416 e. The quantitative estimate of drug-likeness (QED) is 0.497. The lowest BCUT2D eigenvalue weighted by Gasteiger charge is -2.10. The molecule has 0 bridgehead atoms. The van der Waals surface area contributed by atoms with Crippen molar-refractivity contribution >= 4 is 29.7 Å². The van der Waals surface area contributed by atoms with Crippen molar-refractivity contribution in [2.45, 2.75) is 17.8 Å². The Balaban J connectivity index is 2.64. The Kier molecular flexibility index (Phi) is 5.58. The fourth-order valence-electron chi connectivity index (χ4n) is 1.21. The van der Waals surface area contributed by atoms with E-state index in [1.165, 1.54) is 12.1 Å². The molecule has 0 saturated heterocycles. The van der Waals surface area contributed by atoms with Crippen molar-refractivity contribution in [2.75, 3.05) is 4.72 Å². The molecule has 0 heterocycles. The number of alkyl halides is 3. The third-order valence-electron chi connectivity index (χ3n) is 2.20. The number of hydrogen-bond donors (Lipinski definition) is 1. The molecule has 0 amide bonds. The molecule has 0 aliphatic carbocycles. The molecule has 4 nitrogen and oxygen atoms in total. The Morgan fingerprint density at radius 2 is 2.00 bits per heavy atom. The second-order valence-electron chi connectivity index (χ2n) is 3.64. The molecule has 8 heteroatoms. The van der Waals surface area contributed by atoms with Crippen LogP contribution in [0.2, 0.25) is 0 Å². The maximum absolute atomic E-state index is 12.3. The van der Waals surface area contributed by atoms with Crippen LogP contribution in [0.5, 0.6) is 0 Å². The molecule has 1 aromatic rings. The molecule has 1 N–H and O–H groups in total. The first-order valence-corrected chi connectivity index (χ1v) is 6.21. The van der Waals surface area contributed by atoms with Crippen LogP contribution in [-0.4, -0.2) is 17.3 Å². The van der Waals surface area contributed by atoms with Crippen molar-refractivity contribution in [3.05, 3.63) is 29.8 Å². The van der Waals surface area contributed by atoms with Crippen LogP contribution in [0.1, 0.15) is 12.0 Å². The van der Waals surface area contributed by atoms with Gasteiger partial charge in [-0.2, -0.15) is 18.4 Å². The normalized spacial score (nSPS) is 12.3. The molecule has 1 aromatic carbocycles. The molecular weight excluding hydrogens is 293 g/mol. The van der Waals surface area contributed by atoms with E-state index in [0.717, 1.165) is 24.1 Å². The van der Waals surface area contributed by atoms with Gasteiger partial charge in [0.1, 0.15) is 6.29 Å². The first kappa shape index (κ1) is 16.0. The molecule has 106 valence electrons. The summed E-state index contributed by atoms with van der Waals surface area (Å²) in [5.74, 6) is -0.563. The van der Waals surface area contributed by atoms with Crippen LogP contribution < -0.4 is 4.72 Å². The number of carbonyl (C=O) groups is 2.